The minimum absolute atomic E-state index is 0.0729. The van der Waals surface area contributed by atoms with E-state index in [1.807, 2.05) is 10.6 Å². The Balaban J connectivity index is 1.15. The highest BCUT2D eigenvalue weighted by atomic mass is 35.5. The molecular weight excluding hydrogens is 544 g/mol. The fourth-order valence-electron chi connectivity index (χ4n) is 4.91. The number of hydrogen-bond donors (Lipinski definition) is 2. The summed E-state index contributed by atoms with van der Waals surface area (Å²) in [5.74, 6) is -1.13. The Morgan fingerprint density at radius 1 is 1.23 bits per heavy atom. The first-order chi connectivity index (χ1) is 19.3. The molecule has 0 aliphatic carbocycles. The highest BCUT2D eigenvalue weighted by molar-refractivity contribution is 6.30. The van der Waals surface area contributed by atoms with Gasteiger partial charge >= 0.3 is 5.97 Å². The third-order valence-electron chi connectivity index (χ3n) is 7.17. The van der Waals surface area contributed by atoms with Gasteiger partial charge in [-0.05, 0) is 36.6 Å². The molecule has 1 atom stereocenters. The number of aromatic nitrogens is 4. The lowest BCUT2D eigenvalue weighted by atomic mass is 10.0. The molecule has 1 aromatic carbocycles. The van der Waals surface area contributed by atoms with Gasteiger partial charge in [0.1, 0.15) is 29.8 Å². The van der Waals surface area contributed by atoms with Gasteiger partial charge in [0.05, 0.1) is 30.4 Å². The number of carboxylic acid groups (broad SMARTS) is 1. The van der Waals surface area contributed by atoms with Crippen LogP contribution in [0.3, 0.4) is 0 Å². The number of halogens is 3. The summed E-state index contributed by atoms with van der Waals surface area (Å²) in [6.45, 7) is 3.07. The molecule has 2 aliphatic heterocycles. The molecule has 1 fully saturated rings. The van der Waals surface area contributed by atoms with E-state index in [-0.39, 0.29) is 29.3 Å². The van der Waals surface area contributed by atoms with E-state index in [2.05, 4.69) is 14.9 Å². The number of ether oxygens (including phenoxy) is 2. The van der Waals surface area contributed by atoms with Crippen molar-refractivity contribution < 1.29 is 28.2 Å². The van der Waals surface area contributed by atoms with Gasteiger partial charge in [0, 0.05) is 42.4 Å². The Morgan fingerprint density at radius 3 is 2.77 bits per heavy atom. The van der Waals surface area contributed by atoms with Crippen molar-refractivity contribution in [2.45, 2.75) is 38.6 Å². The van der Waals surface area contributed by atoms with Crippen LogP contribution in [0.1, 0.15) is 40.4 Å². The highest BCUT2D eigenvalue weighted by Crippen LogP contribution is 2.27. The summed E-state index contributed by atoms with van der Waals surface area (Å²) in [5.41, 5.74) is 3.04. The monoisotopic (exact) mass is 569 g/mol. The van der Waals surface area contributed by atoms with Gasteiger partial charge in [0.15, 0.2) is 5.65 Å². The number of fused-ring (bicyclic) bond motifs is 1. The zero-order chi connectivity index (χ0) is 27.8. The summed E-state index contributed by atoms with van der Waals surface area (Å²) in [5, 5.41) is 9.64. The Kier molecular flexibility index (Phi) is 7.26. The van der Waals surface area contributed by atoms with Crippen LogP contribution in [0.25, 0.3) is 16.7 Å². The van der Waals surface area contributed by atoms with E-state index in [0.717, 1.165) is 29.9 Å². The van der Waals surface area contributed by atoms with Gasteiger partial charge in [-0.3, -0.25) is 4.90 Å². The SMILES string of the molecule is O=C(O)c1cc2c(nc(CN3CC=C(c4cc(F)cc(OCc5ccc(Cl)cc5F)n4)CC3)n2CC2CCO2)[nH]1. The van der Waals surface area contributed by atoms with Crippen molar-refractivity contribution in [1.82, 2.24) is 24.4 Å². The summed E-state index contributed by atoms with van der Waals surface area (Å²) in [7, 11) is 0. The number of carbonyl (C=O) groups is 1. The second kappa shape index (κ2) is 11.0. The van der Waals surface area contributed by atoms with Crippen molar-refractivity contribution in [3.8, 4) is 5.88 Å². The molecule has 0 radical (unpaired) electrons. The predicted molar refractivity (Wildman–Crippen MR) is 143 cm³/mol. The molecule has 3 aromatic heterocycles. The lowest BCUT2D eigenvalue weighted by molar-refractivity contribution is -0.0591. The molecule has 0 amide bonds. The van der Waals surface area contributed by atoms with Crippen LogP contribution in [0.2, 0.25) is 5.02 Å². The quantitative estimate of drug-likeness (QED) is 0.291. The van der Waals surface area contributed by atoms with Gasteiger partial charge in [0.2, 0.25) is 5.88 Å². The molecule has 9 nitrogen and oxygen atoms in total. The van der Waals surface area contributed by atoms with E-state index in [1.54, 1.807) is 12.1 Å². The molecule has 5 heterocycles. The lowest BCUT2D eigenvalue weighted by Gasteiger charge is -2.29. The number of pyridine rings is 1. The minimum Gasteiger partial charge on any atom is -0.477 e. The molecule has 40 heavy (non-hydrogen) atoms. The zero-order valence-corrected chi connectivity index (χ0v) is 22.1. The third kappa shape index (κ3) is 5.58. The first-order valence-corrected chi connectivity index (χ1v) is 13.3. The number of carboxylic acids is 1. The van der Waals surface area contributed by atoms with Crippen molar-refractivity contribution in [3.63, 3.8) is 0 Å². The van der Waals surface area contributed by atoms with Crippen molar-refractivity contribution in [2.24, 2.45) is 0 Å². The molecule has 2 aliphatic rings. The molecule has 1 unspecified atom stereocenters. The maximum Gasteiger partial charge on any atom is 0.352 e. The normalized spacial score (nSPS) is 17.6. The molecule has 2 N–H and O–H groups in total. The van der Waals surface area contributed by atoms with Gasteiger partial charge in [-0.1, -0.05) is 23.7 Å². The van der Waals surface area contributed by atoms with Crippen LogP contribution in [-0.4, -0.2) is 61.3 Å². The van der Waals surface area contributed by atoms with E-state index in [4.69, 9.17) is 26.1 Å². The average molecular weight is 570 g/mol. The zero-order valence-electron chi connectivity index (χ0n) is 21.4. The molecule has 12 heteroatoms. The molecule has 0 bridgehead atoms. The Bertz CT molecular complexity index is 1610. The molecular formula is C28H26ClF2N5O4. The van der Waals surface area contributed by atoms with E-state index in [9.17, 15) is 18.7 Å². The van der Waals surface area contributed by atoms with Crippen molar-refractivity contribution in [2.75, 3.05) is 19.7 Å². The summed E-state index contributed by atoms with van der Waals surface area (Å²) < 4.78 is 41.8. The molecule has 0 saturated carbocycles. The van der Waals surface area contributed by atoms with Crippen molar-refractivity contribution in [3.05, 3.63) is 81.9 Å². The maximum atomic E-state index is 14.4. The largest absolute Gasteiger partial charge is 0.477 e. The molecule has 0 spiro atoms. The summed E-state index contributed by atoms with van der Waals surface area (Å²) in [6.07, 6.45) is 3.67. The maximum absolute atomic E-state index is 14.4. The van der Waals surface area contributed by atoms with Crippen LogP contribution >= 0.6 is 11.6 Å². The van der Waals surface area contributed by atoms with E-state index >= 15 is 0 Å². The number of nitrogens with one attached hydrogen (secondary N) is 1. The van der Waals surface area contributed by atoms with Gasteiger partial charge in [0.25, 0.3) is 0 Å². The molecule has 1 saturated heterocycles. The number of aromatic amines is 1. The second-order valence-corrected chi connectivity index (χ2v) is 10.3. The summed E-state index contributed by atoms with van der Waals surface area (Å²) >= 11 is 5.80. The van der Waals surface area contributed by atoms with Crippen LogP contribution in [-0.2, 0) is 24.4 Å². The molecule has 6 rings (SSSR count). The number of imidazole rings is 1. The van der Waals surface area contributed by atoms with Crippen LogP contribution in [0.5, 0.6) is 5.88 Å². The fraction of sp³-hybridized carbons (Fsp3) is 0.321. The van der Waals surface area contributed by atoms with Crippen LogP contribution in [0, 0.1) is 11.6 Å². The van der Waals surface area contributed by atoms with E-state index in [0.29, 0.717) is 49.5 Å². The van der Waals surface area contributed by atoms with Gasteiger partial charge in [-0.15, -0.1) is 0 Å². The summed E-state index contributed by atoms with van der Waals surface area (Å²) in [4.78, 5) is 25.7. The Morgan fingerprint density at radius 2 is 2.08 bits per heavy atom. The van der Waals surface area contributed by atoms with Gasteiger partial charge in [-0.2, -0.15) is 0 Å². The van der Waals surface area contributed by atoms with E-state index in [1.165, 1.54) is 24.3 Å². The third-order valence-corrected chi connectivity index (χ3v) is 7.41. The second-order valence-electron chi connectivity index (χ2n) is 9.89. The minimum atomic E-state index is -1.03. The van der Waals surface area contributed by atoms with Crippen molar-refractivity contribution in [1.29, 1.82) is 0 Å². The van der Waals surface area contributed by atoms with E-state index < -0.39 is 17.6 Å². The number of benzene rings is 1. The highest BCUT2D eigenvalue weighted by Gasteiger charge is 2.25. The predicted octanol–water partition coefficient (Wildman–Crippen LogP) is 5.05. The first kappa shape index (κ1) is 26.4. The average Bonchev–Trinajstić information content (AvgIpc) is 3.44. The molecule has 4 aromatic rings. The fourth-order valence-corrected chi connectivity index (χ4v) is 5.07. The van der Waals surface area contributed by atoms with Crippen molar-refractivity contribution >= 4 is 34.3 Å². The standard InChI is InChI=1S/C28H26ClF2N5O4/c29-18-2-1-17(21(31)9-18)15-40-26-11-19(30)10-22(32-26)16-3-6-35(7-4-16)14-25-34-27-24(12-23(33-27)28(37)38)36(25)13-20-5-8-39-20/h1-3,9-12,20,33H,4-8,13-15H2,(H,37,38). The van der Waals surface area contributed by atoms with Crippen LogP contribution in [0.4, 0.5) is 8.78 Å². The van der Waals surface area contributed by atoms with Gasteiger partial charge in [-0.25, -0.2) is 23.5 Å². The smallest absolute Gasteiger partial charge is 0.352 e. The number of rotatable bonds is 9. The summed E-state index contributed by atoms with van der Waals surface area (Å²) in [6, 6.07) is 8.44. The first-order valence-electron chi connectivity index (χ1n) is 12.9. The lowest BCUT2D eigenvalue weighted by Crippen LogP contribution is -2.33. The molecule has 208 valence electrons. The topological polar surface area (TPSA) is 106 Å². The van der Waals surface area contributed by atoms with Crippen LogP contribution < -0.4 is 4.74 Å². The number of H-pyrrole nitrogens is 1. The van der Waals surface area contributed by atoms with Crippen LogP contribution in [0.15, 0.2) is 42.5 Å². The van der Waals surface area contributed by atoms with Gasteiger partial charge < -0.3 is 24.1 Å². The Labute approximate surface area is 233 Å². The number of aromatic carboxylic acids is 1. The Hall–Kier alpha value is -3.80. The number of hydrogen-bond acceptors (Lipinski definition) is 6. The number of nitrogens with zero attached hydrogens (tertiary/aromatic N) is 4.